The third kappa shape index (κ3) is 2.91. The summed E-state index contributed by atoms with van der Waals surface area (Å²) in [5, 5.41) is 0. The maximum Gasteiger partial charge on any atom is 0.448 e. The van der Waals surface area contributed by atoms with Crippen LogP contribution in [0.3, 0.4) is 0 Å². The first-order chi connectivity index (χ1) is 11.7. The fraction of sp³-hybridized carbons (Fsp3) is 0.611. The summed E-state index contributed by atoms with van der Waals surface area (Å²) >= 11 is 0. The van der Waals surface area contributed by atoms with Crippen LogP contribution in [0.2, 0.25) is 0 Å². The Balaban J connectivity index is 2.10. The van der Waals surface area contributed by atoms with Gasteiger partial charge in [0.25, 0.3) is 0 Å². The molecule has 1 aliphatic heterocycles. The summed E-state index contributed by atoms with van der Waals surface area (Å²) in [5.74, 6) is 0.0811. The minimum absolute atomic E-state index is 0.0288. The van der Waals surface area contributed by atoms with E-state index in [1.807, 2.05) is 6.92 Å². The van der Waals surface area contributed by atoms with E-state index in [0.29, 0.717) is 6.42 Å². The average molecular weight is 363 g/mol. The maximum atomic E-state index is 13.3. The van der Waals surface area contributed by atoms with Crippen molar-refractivity contribution in [2.45, 2.75) is 57.4 Å². The molecule has 5 nitrogen and oxygen atoms in total. The second kappa shape index (κ2) is 6.43. The van der Waals surface area contributed by atoms with Gasteiger partial charge in [0.15, 0.2) is 0 Å². The predicted octanol–water partition coefficient (Wildman–Crippen LogP) is 2.64. The van der Waals surface area contributed by atoms with Gasteiger partial charge in [0, 0.05) is 0 Å². The molecule has 3 unspecified atom stereocenters. The van der Waals surface area contributed by atoms with E-state index in [4.69, 9.17) is 4.65 Å². The van der Waals surface area contributed by atoms with Crippen LogP contribution in [0.25, 0.3) is 0 Å². The molecule has 3 atom stereocenters. The highest BCUT2D eigenvalue weighted by Gasteiger charge is 2.62. The molecule has 1 saturated heterocycles. The van der Waals surface area contributed by atoms with Gasteiger partial charge in [-0.05, 0) is 49.7 Å². The fourth-order valence-electron chi connectivity index (χ4n) is 4.47. The first-order valence-corrected chi connectivity index (χ1v) is 10.4. The van der Waals surface area contributed by atoms with E-state index in [-0.39, 0.29) is 36.2 Å². The minimum Gasteiger partial charge on any atom is -0.521 e. The number of hydrogen-bond donors (Lipinski definition) is 0. The third-order valence-corrected chi connectivity index (χ3v) is 7.65. The molecular formula is C18H26BNO4S. The molecule has 7 heteroatoms. The van der Waals surface area contributed by atoms with Crippen molar-refractivity contribution in [1.29, 1.82) is 0 Å². The van der Waals surface area contributed by atoms with Gasteiger partial charge in [0.2, 0.25) is 10.0 Å². The number of nitrogens with zero attached hydrogens (tertiary/aromatic N) is 1. The second-order valence-electron chi connectivity index (χ2n) is 7.89. The molecule has 1 saturated carbocycles. The summed E-state index contributed by atoms with van der Waals surface area (Å²) in [5.41, 5.74) is -0.0796. The van der Waals surface area contributed by atoms with E-state index in [1.54, 1.807) is 24.3 Å². The SMILES string of the molecule is Cc1ccc(S(=O)(=O)N2BOC(=O)C23CC(C)CCC3C(C)C)cc1. The van der Waals surface area contributed by atoms with Crippen LogP contribution in [-0.4, -0.2) is 31.8 Å². The van der Waals surface area contributed by atoms with Crippen LogP contribution < -0.4 is 0 Å². The molecule has 3 rings (SSSR count). The maximum absolute atomic E-state index is 13.3. The Hall–Kier alpha value is -1.34. The van der Waals surface area contributed by atoms with Gasteiger partial charge in [0.05, 0.1) is 4.90 Å². The van der Waals surface area contributed by atoms with Crippen molar-refractivity contribution in [3.05, 3.63) is 29.8 Å². The molecule has 0 aromatic heterocycles. The number of benzene rings is 1. The molecule has 1 aliphatic carbocycles. The van der Waals surface area contributed by atoms with Crippen molar-refractivity contribution in [3.8, 4) is 0 Å². The van der Waals surface area contributed by atoms with E-state index in [1.165, 1.54) is 4.22 Å². The molecular weight excluding hydrogens is 337 g/mol. The molecule has 1 spiro atoms. The molecule has 0 radical (unpaired) electrons. The Kier molecular flexibility index (Phi) is 4.75. The summed E-state index contributed by atoms with van der Waals surface area (Å²) in [6, 6.07) is 6.78. The van der Waals surface area contributed by atoms with Crippen LogP contribution in [-0.2, 0) is 19.5 Å². The fourth-order valence-corrected chi connectivity index (χ4v) is 6.11. The highest BCUT2D eigenvalue weighted by atomic mass is 32.2. The molecule has 1 aromatic rings. The van der Waals surface area contributed by atoms with Crippen LogP contribution in [0.4, 0.5) is 0 Å². The molecule has 25 heavy (non-hydrogen) atoms. The van der Waals surface area contributed by atoms with Gasteiger partial charge in [-0.3, -0.25) is 4.79 Å². The Labute approximate surface area is 151 Å². The summed E-state index contributed by atoms with van der Waals surface area (Å²) in [4.78, 5) is 13.0. The number of rotatable bonds is 3. The highest BCUT2D eigenvalue weighted by Crippen LogP contribution is 2.49. The zero-order valence-corrected chi connectivity index (χ0v) is 16.2. The van der Waals surface area contributed by atoms with Gasteiger partial charge in [0.1, 0.15) is 5.54 Å². The largest absolute Gasteiger partial charge is 0.521 e. The first-order valence-electron chi connectivity index (χ1n) is 8.96. The quantitative estimate of drug-likeness (QED) is 0.775. The van der Waals surface area contributed by atoms with Crippen molar-refractivity contribution >= 4 is 23.6 Å². The van der Waals surface area contributed by atoms with Gasteiger partial charge < -0.3 is 4.65 Å². The predicted molar refractivity (Wildman–Crippen MR) is 97.5 cm³/mol. The van der Waals surface area contributed by atoms with E-state index in [2.05, 4.69) is 20.8 Å². The average Bonchev–Trinajstić information content (AvgIpc) is 2.85. The normalized spacial score (nSPS) is 30.5. The number of carbonyl (C=O) groups is 1. The van der Waals surface area contributed by atoms with Gasteiger partial charge in [-0.1, -0.05) is 44.9 Å². The molecule has 2 aliphatic rings. The lowest BCUT2D eigenvalue weighted by Gasteiger charge is -2.47. The number of hydrogen-bond acceptors (Lipinski definition) is 4. The zero-order valence-electron chi connectivity index (χ0n) is 15.4. The van der Waals surface area contributed by atoms with Gasteiger partial charge in [-0.15, -0.1) is 0 Å². The van der Waals surface area contributed by atoms with Crippen LogP contribution in [0.15, 0.2) is 29.2 Å². The molecule has 0 N–H and O–H groups in total. The number of carbonyl (C=O) groups excluding carboxylic acids is 1. The lowest BCUT2D eigenvalue weighted by molar-refractivity contribution is -0.145. The molecule has 0 amide bonds. The monoisotopic (exact) mass is 363 g/mol. The molecule has 2 fully saturated rings. The smallest absolute Gasteiger partial charge is 0.448 e. The molecule has 136 valence electrons. The van der Waals surface area contributed by atoms with E-state index in [0.717, 1.165) is 18.4 Å². The lowest BCUT2D eigenvalue weighted by Crippen LogP contribution is -2.60. The lowest BCUT2D eigenvalue weighted by atomic mass is 9.64. The summed E-state index contributed by atoms with van der Waals surface area (Å²) < 4.78 is 33.3. The Morgan fingerprint density at radius 1 is 1.24 bits per heavy atom. The number of aryl methyl sites for hydroxylation is 1. The van der Waals surface area contributed by atoms with Crippen molar-refractivity contribution in [2.24, 2.45) is 17.8 Å². The Morgan fingerprint density at radius 2 is 1.88 bits per heavy atom. The molecule has 0 bridgehead atoms. The summed E-state index contributed by atoms with van der Waals surface area (Å²) in [6.07, 6.45) is 2.38. The highest BCUT2D eigenvalue weighted by molar-refractivity contribution is 7.90. The van der Waals surface area contributed by atoms with Crippen molar-refractivity contribution < 1.29 is 17.9 Å². The van der Waals surface area contributed by atoms with Gasteiger partial charge in [-0.25, -0.2) is 8.42 Å². The van der Waals surface area contributed by atoms with E-state index >= 15 is 0 Å². The van der Waals surface area contributed by atoms with Crippen LogP contribution in [0.5, 0.6) is 0 Å². The topological polar surface area (TPSA) is 63.7 Å². The van der Waals surface area contributed by atoms with Crippen molar-refractivity contribution in [2.75, 3.05) is 0 Å². The number of sulfonamides is 1. The van der Waals surface area contributed by atoms with Crippen LogP contribution in [0, 0.1) is 24.7 Å². The zero-order chi connectivity index (χ0) is 18.4. The van der Waals surface area contributed by atoms with E-state index < -0.39 is 15.6 Å². The van der Waals surface area contributed by atoms with Crippen LogP contribution >= 0.6 is 0 Å². The van der Waals surface area contributed by atoms with Crippen LogP contribution in [0.1, 0.15) is 45.6 Å². The minimum atomic E-state index is -3.80. The van der Waals surface area contributed by atoms with Crippen molar-refractivity contribution in [1.82, 2.24) is 4.22 Å². The Morgan fingerprint density at radius 3 is 2.48 bits per heavy atom. The summed E-state index contributed by atoms with van der Waals surface area (Å²) in [6.45, 7) is 8.12. The molecule has 1 aromatic carbocycles. The van der Waals surface area contributed by atoms with E-state index in [9.17, 15) is 13.2 Å². The standard InChI is InChI=1S/C18H26BNO4S/c1-12(2)16-10-7-14(4)11-18(16)17(21)24-19-20(18)25(22,23)15-8-5-13(3)6-9-15/h5-6,8-9,12,14,16,19H,7,10-11H2,1-4H3. The van der Waals surface area contributed by atoms with Gasteiger partial charge >= 0.3 is 13.6 Å². The first kappa shape index (κ1) is 18.5. The Bertz CT molecular complexity index is 762. The van der Waals surface area contributed by atoms with Gasteiger partial charge in [-0.2, -0.15) is 4.22 Å². The summed E-state index contributed by atoms with van der Waals surface area (Å²) in [7, 11) is -3.99. The second-order valence-corrected chi connectivity index (χ2v) is 9.75. The van der Waals surface area contributed by atoms with Crippen molar-refractivity contribution in [3.63, 3.8) is 0 Å². The third-order valence-electron chi connectivity index (χ3n) is 5.77. The molecule has 1 heterocycles.